The molecule has 1 aliphatic heterocycles. The van der Waals surface area contributed by atoms with Crippen molar-refractivity contribution in [1.29, 1.82) is 0 Å². The van der Waals surface area contributed by atoms with Gasteiger partial charge in [0.25, 0.3) is 0 Å². The van der Waals surface area contributed by atoms with Crippen LogP contribution in [0.3, 0.4) is 0 Å². The zero-order valence-electron chi connectivity index (χ0n) is 14.4. The summed E-state index contributed by atoms with van der Waals surface area (Å²) in [4.78, 5) is 14.0. The van der Waals surface area contributed by atoms with E-state index in [0.29, 0.717) is 18.4 Å². The van der Waals surface area contributed by atoms with Gasteiger partial charge in [0.05, 0.1) is 6.10 Å². The minimum absolute atomic E-state index is 0.217. The largest absolute Gasteiger partial charge is 0.379 e. The molecule has 5 heteroatoms. The third kappa shape index (κ3) is 9.70. The van der Waals surface area contributed by atoms with E-state index in [-0.39, 0.29) is 5.91 Å². The van der Waals surface area contributed by atoms with Crippen LogP contribution in [0, 0.1) is 5.92 Å². The number of nitrogens with one attached hydrogen (secondary N) is 1. The number of unbranched alkanes of at least 4 members (excludes halogenated alkanes) is 5. The third-order valence-electron chi connectivity index (χ3n) is 4.05. The van der Waals surface area contributed by atoms with Crippen molar-refractivity contribution in [3.63, 3.8) is 0 Å². The van der Waals surface area contributed by atoms with Gasteiger partial charge in [0.1, 0.15) is 0 Å². The third-order valence-corrected chi connectivity index (χ3v) is 4.45. The average molecular weight is 331 g/mol. The van der Waals surface area contributed by atoms with Gasteiger partial charge < -0.3 is 10.1 Å². The normalized spacial score (nSPS) is 16.0. The summed E-state index contributed by atoms with van der Waals surface area (Å²) in [6, 6.07) is 0. The molecular weight excluding hydrogens is 296 g/mol. The van der Waals surface area contributed by atoms with Gasteiger partial charge in [-0.2, -0.15) is 12.6 Å². The van der Waals surface area contributed by atoms with Gasteiger partial charge in [-0.05, 0) is 32.6 Å². The van der Waals surface area contributed by atoms with Gasteiger partial charge in [-0.25, -0.2) is 0 Å². The van der Waals surface area contributed by atoms with Crippen molar-refractivity contribution in [2.45, 2.75) is 64.9 Å². The Hall–Kier alpha value is -0.260. The van der Waals surface area contributed by atoms with Crippen LogP contribution in [0.1, 0.15) is 58.8 Å². The molecule has 1 N–H and O–H groups in total. The fourth-order valence-corrected chi connectivity index (χ4v) is 2.97. The van der Waals surface area contributed by atoms with Gasteiger partial charge in [-0.15, -0.1) is 0 Å². The lowest BCUT2D eigenvalue weighted by molar-refractivity contribution is -0.123. The molecule has 1 heterocycles. The molecule has 22 heavy (non-hydrogen) atoms. The Balaban J connectivity index is 1.78. The molecule has 0 aromatic rings. The first-order valence-electron chi connectivity index (χ1n) is 8.83. The molecule has 0 unspecified atom stereocenters. The quantitative estimate of drug-likeness (QED) is 0.403. The molecule has 1 saturated heterocycles. The summed E-state index contributed by atoms with van der Waals surface area (Å²) in [6.07, 6.45) is 8.30. The van der Waals surface area contributed by atoms with Crippen molar-refractivity contribution in [2.24, 2.45) is 5.92 Å². The highest BCUT2D eigenvalue weighted by molar-refractivity contribution is 7.80. The maximum absolute atomic E-state index is 11.7. The summed E-state index contributed by atoms with van der Waals surface area (Å²) < 4.78 is 5.52. The minimum Gasteiger partial charge on any atom is -0.379 e. The summed E-state index contributed by atoms with van der Waals surface area (Å²) in [5, 5.41) is 3.04. The monoisotopic (exact) mass is 330 g/mol. The molecule has 0 saturated carbocycles. The zero-order valence-corrected chi connectivity index (χ0v) is 15.2. The fourth-order valence-electron chi connectivity index (χ4n) is 2.74. The first-order valence-corrected chi connectivity index (χ1v) is 9.46. The Kier molecular flexibility index (Phi) is 11.0. The lowest BCUT2D eigenvalue weighted by Gasteiger charge is -2.37. The molecule has 1 rings (SSSR count). The highest BCUT2D eigenvalue weighted by Gasteiger charge is 2.27. The van der Waals surface area contributed by atoms with Crippen molar-refractivity contribution >= 4 is 18.5 Å². The van der Waals surface area contributed by atoms with Crippen molar-refractivity contribution in [2.75, 3.05) is 32.1 Å². The number of hydrogen-bond donors (Lipinski definition) is 2. The lowest BCUT2D eigenvalue weighted by atomic mass is 9.97. The highest BCUT2D eigenvalue weighted by Crippen LogP contribution is 2.18. The lowest BCUT2D eigenvalue weighted by Crippen LogP contribution is -2.47. The Labute approximate surface area is 141 Å². The predicted octanol–water partition coefficient (Wildman–Crippen LogP) is 3.08. The summed E-state index contributed by atoms with van der Waals surface area (Å²) in [5.41, 5.74) is 0. The van der Waals surface area contributed by atoms with Crippen LogP contribution in [0.4, 0.5) is 0 Å². The number of rotatable bonds is 13. The van der Waals surface area contributed by atoms with Crippen molar-refractivity contribution < 1.29 is 9.53 Å². The summed E-state index contributed by atoms with van der Waals surface area (Å²) in [5.74, 6) is 1.57. The number of hydrogen-bond acceptors (Lipinski definition) is 4. The Morgan fingerprint density at radius 3 is 2.45 bits per heavy atom. The summed E-state index contributed by atoms with van der Waals surface area (Å²) in [6.45, 7) is 7.93. The molecule has 0 aromatic carbocycles. The van der Waals surface area contributed by atoms with Gasteiger partial charge in [0, 0.05) is 38.5 Å². The number of nitrogens with zero attached hydrogens (tertiary/aromatic N) is 1. The standard InChI is InChI=1S/C17H34N2O2S/c1-15(2)21-10-8-6-4-3-5-7-9-18-17(20)11-16-12-19(13-16)14-22/h15-16,22H,3-14H2,1-2H3,(H,18,20). The van der Waals surface area contributed by atoms with E-state index in [2.05, 4.69) is 36.7 Å². The molecule has 4 nitrogen and oxygen atoms in total. The number of likely N-dealkylation sites (tertiary alicyclic amines) is 1. The van der Waals surface area contributed by atoms with Gasteiger partial charge in [-0.1, -0.05) is 25.7 Å². The van der Waals surface area contributed by atoms with E-state index >= 15 is 0 Å². The van der Waals surface area contributed by atoms with E-state index in [1.807, 2.05) is 0 Å². The van der Waals surface area contributed by atoms with Crippen LogP contribution in [0.5, 0.6) is 0 Å². The van der Waals surface area contributed by atoms with Crippen molar-refractivity contribution in [1.82, 2.24) is 10.2 Å². The molecular formula is C17H34N2O2S. The molecule has 1 aliphatic rings. The predicted molar refractivity (Wildman–Crippen MR) is 95.3 cm³/mol. The van der Waals surface area contributed by atoms with E-state index in [1.54, 1.807) is 0 Å². The Morgan fingerprint density at radius 1 is 1.18 bits per heavy atom. The SMILES string of the molecule is CC(C)OCCCCCCCCNC(=O)CC1CN(CS)C1. The minimum atomic E-state index is 0.217. The molecule has 0 bridgehead atoms. The van der Waals surface area contributed by atoms with Crippen LogP contribution in [0.2, 0.25) is 0 Å². The topological polar surface area (TPSA) is 41.6 Å². The van der Waals surface area contributed by atoms with E-state index in [0.717, 1.165) is 38.5 Å². The molecule has 1 amide bonds. The van der Waals surface area contributed by atoms with Crippen molar-refractivity contribution in [3.8, 4) is 0 Å². The van der Waals surface area contributed by atoms with Crippen LogP contribution in [0.15, 0.2) is 0 Å². The van der Waals surface area contributed by atoms with Crippen LogP contribution in [0.25, 0.3) is 0 Å². The molecule has 0 spiro atoms. The number of thiol groups is 1. The van der Waals surface area contributed by atoms with Gasteiger partial charge >= 0.3 is 0 Å². The summed E-state index contributed by atoms with van der Waals surface area (Å²) >= 11 is 4.22. The van der Waals surface area contributed by atoms with Crippen LogP contribution < -0.4 is 5.32 Å². The molecule has 130 valence electrons. The maximum Gasteiger partial charge on any atom is 0.220 e. The van der Waals surface area contributed by atoms with E-state index in [9.17, 15) is 4.79 Å². The fraction of sp³-hybridized carbons (Fsp3) is 0.941. The first-order chi connectivity index (χ1) is 10.6. The van der Waals surface area contributed by atoms with E-state index in [4.69, 9.17) is 4.74 Å². The van der Waals surface area contributed by atoms with Gasteiger partial charge in [0.2, 0.25) is 5.91 Å². The second kappa shape index (κ2) is 12.2. The van der Waals surface area contributed by atoms with Crippen LogP contribution in [-0.4, -0.2) is 49.0 Å². The number of carbonyl (C=O) groups excluding carboxylic acids is 1. The molecule has 0 aromatic heterocycles. The number of ether oxygens (including phenoxy) is 1. The first kappa shape index (κ1) is 19.8. The van der Waals surface area contributed by atoms with Crippen LogP contribution >= 0.6 is 12.6 Å². The van der Waals surface area contributed by atoms with Gasteiger partial charge in [-0.3, -0.25) is 9.69 Å². The molecule has 0 atom stereocenters. The summed E-state index contributed by atoms with van der Waals surface area (Å²) in [7, 11) is 0. The molecule has 1 fully saturated rings. The van der Waals surface area contributed by atoms with E-state index < -0.39 is 0 Å². The second-order valence-corrected chi connectivity index (χ2v) is 6.92. The molecule has 0 aliphatic carbocycles. The van der Waals surface area contributed by atoms with E-state index in [1.165, 1.54) is 32.1 Å². The highest BCUT2D eigenvalue weighted by atomic mass is 32.1. The maximum atomic E-state index is 11.7. The zero-order chi connectivity index (χ0) is 16.2. The molecule has 0 radical (unpaired) electrons. The second-order valence-electron chi connectivity index (χ2n) is 6.64. The van der Waals surface area contributed by atoms with Gasteiger partial charge in [0.15, 0.2) is 0 Å². The number of amides is 1. The van der Waals surface area contributed by atoms with Crippen molar-refractivity contribution in [3.05, 3.63) is 0 Å². The average Bonchev–Trinajstić information content (AvgIpc) is 2.44. The smallest absolute Gasteiger partial charge is 0.220 e. The Morgan fingerprint density at radius 2 is 1.82 bits per heavy atom. The Bertz CT molecular complexity index is 294. The van der Waals surface area contributed by atoms with Crippen LogP contribution in [-0.2, 0) is 9.53 Å². The number of carbonyl (C=O) groups is 1.